The van der Waals surface area contributed by atoms with Gasteiger partial charge in [-0.2, -0.15) is 0 Å². The van der Waals surface area contributed by atoms with Gasteiger partial charge in [-0.05, 0) is 42.5 Å². The van der Waals surface area contributed by atoms with Crippen LogP contribution in [0.25, 0.3) is 0 Å². The number of halogens is 1. The average molecular weight is 365 g/mol. The summed E-state index contributed by atoms with van der Waals surface area (Å²) in [6, 6.07) is 12.7. The molecule has 0 saturated heterocycles. The topological polar surface area (TPSA) is 97.1 Å². The zero-order valence-electron chi connectivity index (χ0n) is 12.3. The van der Waals surface area contributed by atoms with E-state index in [0.29, 0.717) is 17.4 Å². The Balaban J connectivity index is 1.67. The summed E-state index contributed by atoms with van der Waals surface area (Å²) in [4.78, 5) is 0.0526. The van der Waals surface area contributed by atoms with Crippen molar-refractivity contribution >= 4 is 33.3 Å². The zero-order valence-corrected chi connectivity index (χ0v) is 13.9. The highest BCUT2D eigenvalue weighted by Gasteiger charge is 2.15. The van der Waals surface area contributed by atoms with Gasteiger partial charge in [0.25, 0.3) is 10.0 Å². The Kier molecular flexibility index (Phi) is 4.68. The van der Waals surface area contributed by atoms with E-state index in [1.807, 2.05) is 6.07 Å². The minimum absolute atomic E-state index is 0.0526. The first kappa shape index (κ1) is 16.3. The van der Waals surface area contributed by atoms with Gasteiger partial charge in [0.2, 0.25) is 0 Å². The Labute approximate surface area is 143 Å². The molecule has 7 nitrogen and oxygen atoms in total. The highest BCUT2D eigenvalue weighted by Crippen LogP contribution is 2.18. The lowest BCUT2D eigenvalue weighted by Gasteiger charge is -2.08. The van der Waals surface area contributed by atoms with Crippen molar-refractivity contribution in [1.29, 1.82) is 0 Å². The fraction of sp³-hybridized carbons (Fsp3) is 0.0667. The summed E-state index contributed by atoms with van der Waals surface area (Å²) in [5.41, 5.74) is 0. The molecule has 2 aromatic heterocycles. The summed E-state index contributed by atoms with van der Waals surface area (Å²) < 4.78 is 32.1. The molecule has 0 saturated carbocycles. The summed E-state index contributed by atoms with van der Waals surface area (Å²) in [5, 5.41) is 11.1. The second-order valence-corrected chi connectivity index (χ2v) is 6.92. The van der Waals surface area contributed by atoms with Crippen molar-refractivity contribution in [2.45, 2.75) is 11.4 Å². The third kappa shape index (κ3) is 4.03. The maximum atomic E-state index is 12.3. The molecule has 9 heteroatoms. The maximum absolute atomic E-state index is 12.3. The molecule has 2 heterocycles. The van der Waals surface area contributed by atoms with Crippen LogP contribution in [0, 0.1) is 0 Å². The molecule has 0 bridgehead atoms. The molecular weight excluding hydrogens is 352 g/mol. The van der Waals surface area contributed by atoms with Gasteiger partial charge in [0, 0.05) is 5.02 Å². The number of benzene rings is 1. The van der Waals surface area contributed by atoms with Crippen LogP contribution in [0.15, 0.2) is 64.1 Å². The lowest BCUT2D eigenvalue weighted by Crippen LogP contribution is -2.14. The SMILES string of the molecule is O=S(=O)(Nc1ccc(NCc2ccco2)nn1)c1cccc(Cl)c1. The summed E-state index contributed by atoms with van der Waals surface area (Å²) in [6.07, 6.45) is 1.58. The molecule has 0 aliphatic carbocycles. The van der Waals surface area contributed by atoms with Crippen molar-refractivity contribution in [1.82, 2.24) is 10.2 Å². The van der Waals surface area contributed by atoms with Crippen molar-refractivity contribution in [2.24, 2.45) is 0 Å². The fourth-order valence-electron chi connectivity index (χ4n) is 1.90. The molecule has 0 fully saturated rings. The van der Waals surface area contributed by atoms with Gasteiger partial charge in [0.1, 0.15) is 11.6 Å². The predicted molar refractivity (Wildman–Crippen MR) is 90.3 cm³/mol. The van der Waals surface area contributed by atoms with Crippen LogP contribution < -0.4 is 10.0 Å². The van der Waals surface area contributed by atoms with E-state index in [1.54, 1.807) is 30.5 Å². The van der Waals surface area contributed by atoms with E-state index in [9.17, 15) is 8.42 Å². The van der Waals surface area contributed by atoms with Crippen LogP contribution in [0.2, 0.25) is 5.02 Å². The van der Waals surface area contributed by atoms with E-state index >= 15 is 0 Å². The van der Waals surface area contributed by atoms with Crippen molar-refractivity contribution in [3.8, 4) is 0 Å². The molecular formula is C15H13ClN4O3S. The van der Waals surface area contributed by atoms with E-state index in [2.05, 4.69) is 20.2 Å². The molecule has 0 aliphatic heterocycles. The molecule has 0 unspecified atom stereocenters. The summed E-state index contributed by atoms with van der Waals surface area (Å²) in [5.74, 6) is 1.36. The number of sulfonamides is 1. The minimum Gasteiger partial charge on any atom is -0.467 e. The van der Waals surface area contributed by atoms with Gasteiger partial charge >= 0.3 is 0 Å². The molecule has 0 aliphatic rings. The molecule has 24 heavy (non-hydrogen) atoms. The van der Waals surface area contributed by atoms with E-state index in [0.717, 1.165) is 5.76 Å². The Bertz CT molecular complexity index is 912. The van der Waals surface area contributed by atoms with Crippen LogP contribution in [0.1, 0.15) is 5.76 Å². The molecule has 124 valence electrons. The van der Waals surface area contributed by atoms with Gasteiger partial charge < -0.3 is 9.73 Å². The standard InChI is InChI=1S/C15H13ClN4O3S/c16-11-3-1-5-13(9-11)24(21,22)20-15-7-6-14(18-19-15)17-10-12-4-2-8-23-12/h1-9H,10H2,(H,17,18)(H,19,20). The van der Waals surface area contributed by atoms with Crippen LogP contribution in [0.5, 0.6) is 0 Å². The van der Waals surface area contributed by atoms with Gasteiger partial charge in [0.15, 0.2) is 5.82 Å². The van der Waals surface area contributed by atoms with Crippen LogP contribution in [0.3, 0.4) is 0 Å². The number of rotatable bonds is 6. The second-order valence-electron chi connectivity index (χ2n) is 4.80. The average Bonchev–Trinajstić information content (AvgIpc) is 3.07. The summed E-state index contributed by atoms with van der Waals surface area (Å²) >= 11 is 5.82. The molecule has 0 atom stereocenters. The van der Waals surface area contributed by atoms with Crippen LogP contribution in [0.4, 0.5) is 11.6 Å². The van der Waals surface area contributed by atoms with Crippen LogP contribution in [-0.2, 0) is 16.6 Å². The van der Waals surface area contributed by atoms with Gasteiger partial charge in [-0.1, -0.05) is 17.7 Å². The minimum atomic E-state index is -3.77. The Hall–Kier alpha value is -2.58. The number of nitrogens with one attached hydrogen (secondary N) is 2. The smallest absolute Gasteiger partial charge is 0.263 e. The van der Waals surface area contributed by atoms with Crippen molar-refractivity contribution in [3.63, 3.8) is 0 Å². The highest BCUT2D eigenvalue weighted by molar-refractivity contribution is 7.92. The normalized spacial score (nSPS) is 11.2. The maximum Gasteiger partial charge on any atom is 0.263 e. The van der Waals surface area contributed by atoms with Crippen molar-refractivity contribution in [2.75, 3.05) is 10.0 Å². The first-order valence-electron chi connectivity index (χ1n) is 6.91. The number of anilines is 2. The monoisotopic (exact) mass is 364 g/mol. The number of nitrogens with zero attached hydrogens (tertiary/aromatic N) is 2. The Morgan fingerprint density at radius 2 is 1.83 bits per heavy atom. The molecule has 0 radical (unpaired) electrons. The lowest BCUT2D eigenvalue weighted by molar-refractivity contribution is 0.517. The van der Waals surface area contributed by atoms with E-state index in [-0.39, 0.29) is 10.7 Å². The van der Waals surface area contributed by atoms with E-state index in [1.165, 1.54) is 18.2 Å². The van der Waals surface area contributed by atoms with Crippen molar-refractivity contribution in [3.05, 3.63) is 65.6 Å². The third-order valence-electron chi connectivity index (χ3n) is 3.03. The second kappa shape index (κ2) is 6.90. The van der Waals surface area contributed by atoms with E-state index < -0.39 is 10.0 Å². The van der Waals surface area contributed by atoms with Gasteiger partial charge in [-0.25, -0.2) is 8.42 Å². The highest BCUT2D eigenvalue weighted by atomic mass is 35.5. The molecule has 3 aromatic rings. The number of aromatic nitrogens is 2. The molecule has 3 rings (SSSR count). The zero-order chi connectivity index (χ0) is 17.0. The first-order valence-corrected chi connectivity index (χ1v) is 8.77. The molecule has 1 aromatic carbocycles. The first-order chi connectivity index (χ1) is 11.5. The van der Waals surface area contributed by atoms with Gasteiger partial charge in [-0.3, -0.25) is 4.72 Å². The van der Waals surface area contributed by atoms with E-state index in [4.69, 9.17) is 16.0 Å². The van der Waals surface area contributed by atoms with Crippen molar-refractivity contribution < 1.29 is 12.8 Å². The largest absolute Gasteiger partial charge is 0.467 e. The Morgan fingerprint density at radius 1 is 1.04 bits per heavy atom. The van der Waals surface area contributed by atoms with Gasteiger partial charge in [0.05, 0.1) is 17.7 Å². The molecule has 2 N–H and O–H groups in total. The van der Waals surface area contributed by atoms with Crippen LogP contribution in [-0.4, -0.2) is 18.6 Å². The lowest BCUT2D eigenvalue weighted by atomic mass is 10.4. The summed E-state index contributed by atoms with van der Waals surface area (Å²) in [6.45, 7) is 0.454. The Morgan fingerprint density at radius 3 is 2.50 bits per heavy atom. The van der Waals surface area contributed by atoms with Gasteiger partial charge in [-0.15, -0.1) is 10.2 Å². The number of hydrogen-bond acceptors (Lipinski definition) is 6. The summed E-state index contributed by atoms with van der Waals surface area (Å²) in [7, 11) is -3.77. The fourth-order valence-corrected chi connectivity index (χ4v) is 3.20. The number of hydrogen-bond donors (Lipinski definition) is 2. The molecule has 0 amide bonds. The molecule has 0 spiro atoms. The predicted octanol–water partition coefficient (Wildman–Crippen LogP) is 3.14. The quantitative estimate of drug-likeness (QED) is 0.697. The van der Waals surface area contributed by atoms with Crippen LogP contribution >= 0.6 is 11.6 Å². The third-order valence-corrected chi connectivity index (χ3v) is 4.62. The number of furan rings is 1.